The highest BCUT2D eigenvalue weighted by atomic mass is 19.3. The fraction of sp³-hybridized carbons (Fsp3) is 0.654. The molecular weight excluding hydrogens is 496 g/mol. The van der Waals surface area contributed by atoms with Gasteiger partial charge in [-0.05, 0) is 53.6 Å². The molecule has 12 heteroatoms. The first kappa shape index (κ1) is 35.0. The highest BCUT2D eigenvalue weighted by Gasteiger charge is 2.54. The smallest absolute Gasteiger partial charge is 0.249 e. The van der Waals surface area contributed by atoms with Crippen molar-refractivity contribution in [3.05, 3.63) is 35.3 Å². The zero-order valence-electron chi connectivity index (χ0n) is 24.1. The van der Waals surface area contributed by atoms with E-state index in [0.717, 1.165) is 24.3 Å². The Kier molecular flexibility index (Phi) is 16.1. The first-order chi connectivity index (χ1) is 18.0. The summed E-state index contributed by atoms with van der Waals surface area (Å²) in [6, 6.07) is 3.38. The van der Waals surface area contributed by atoms with E-state index >= 15 is 0 Å². The number of aliphatic hydroxyl groups excluding tert-OH is 1. The highest BCUT2D eigenvalue weighted by Crippen LogP contribution is 2.52. The number of allylic oxidation sites excluding steroid dienone is 2. The molecule has 0 aliphatic heterocycles. The predicted octanol–water partition coefficient (Wildman–Crippen LogP) is 4.65. The van der Waals surface area contributed by atoms with E-state index in [1.54, 1.807) is 0 Å². The van der Waals surface area contributed by atoms with Crippen LogP contribution in [0.3, 0.4) is 0 Å². The van der Waals surface area contributed by atoms with Gasteiger partial charge < -0.3 is 40.8 Å². The maximum Gasteiger partial charge on any atom is 0.249 e. The third-order valence-electron chi connectivity index (χ3n) is 5.94. The average molecular weight is 544 g/mol. The average Bonchev–Trinajstić information content (AvgIpc) is 3.80. The molecule has 0 unspecified atom stereocenters. The van der Waals surface area contributed by atoms with Crippen molar-refractivity contribution in [2.45, 2.75) is 70.6 Å². The van der Waals surface area contributed by atoms with E-state index in [1.807, 2.05) is 53.9 Å². The lowest BCUT2D eigenvalue weighted by atomic mass is 10.0. The summed E-state index contributed by atoms with van der Waals surface area (Å²) in [4.78, 5) is 2.21. The van der Waals surface area contributed by atoms with Gasteiger partial charge in [0.15, 0.2) is 0 Å². The lowest BCUT2D eigenvalue weighted by Crippen LogP contribution is -2.26. The second-order valence-corrected chi connectivity index (χ2v) is 9.02. The molecule has 0 radical (unpaired) electrons. The summed E-state index contributed by atoms with van der Waals surface area (Å²) < 4.78 is 34.6. The summed E-state index contributed by atoms with van der Waals surface area (Å²) in [5.41, 5.74) is 7.04. The second-order valence-electron chi connectivity index (χ2n) is 9.02. The van der Waals surface area contributed by atoms with Crippen LogP contribution in [0.4, 0.5) is 20.5 Å². The van der Waals surface area contributed by atoms with Crippen molar-refractivity contribution in [2.24, 2.45) is 0 Å². The number of likely N-dealkylation sites (N-methyl/N-ethyl adjacent to an activating group) is 1. The molecule has 218 valence electrons. The number of nitrogens with zero attached hydrogens (tertiary/aromatic N) is 3. The molecule has 4 rings (SSSR count). The molecule has 2 fully saturated rings. The van der Waals surface area contributed by atoms with Crippen LogP contribution in [0.25, 0.3) is 0 Å². The Balaban J connectivity index is 0.000000517. The minimum absolute atomic E-state index is 0.0944. The number of alkyl halides is 2. The number of aliphatic hydroxyl groups is 1. The summed E-state index contributed by atoms with van der Waals surface area (Å²) in [5, 5.41) is 27.2. The Hall–Kier alpha value is -2.99. The van der Waals surface area contributed by atoms with E-state index in [1.165, 1.54) is 24.6 Å². The fourth-order valence-corrected chi connectivity index (χ4v) is 3.28. The van der Waals surface area contributed by atoms with Gasteiger partial charge in [-0.2, -0.15) is 0 Å². The molecule has 2 aliphatic rings. The van der Waals surface area contributed by atoms with Crippen molar-refractivity contribution in [3.63, 3.8) is 0 Å². The second kappa shape index (κ2) is 17.5. The summed E-state index contributed by atoms with van der Waals surface area (Å²) in [5.74, 6) is 0.849. The van der Waals surface area contributed by atoms with E-state index in [9.17, 15) is 8.78 Å². The number of hydrogen-bond donors (Lipinski definition) is 5. The molecule has 0 bridgehead atoms. The van der Waals surface area contributed by atoms with Gasteiger partial charge in [-0.15, -0.1) is 0 Å². The quantitative estimate of drug-likeness (QED) is 0.300. The molecule has 38 heavy (non-hydrogen) atoms. The zero-order chi connectivity index (χ0) is 29.4. The first-order valence-electron chi connectivity index (χ1n) is 12.7. The molecule has 10 nitrogen and oxygen atoms in total. The Morgan fingerprint density at radius 2 is 1.71 bits per heavy atom. The van der Waals surface area contributed by atoms with E-state index in [0.29, 0.717) is 12.8 Å². The Morgan fingerprint density at radius 1 is 1.16 bits per heavy atom. The van der Waals surface area contributed by atoms with Gasteiger partial charge in [0.2, 0.25) is 18.2 Å². The molecule has 0 spiro atoms. The zero-order valence-corrected chi connectivity index (χ0v) is 24.1. The fourth-order valence-electron chi connectivity index (χ4n) is 3.28. The number of halogens is 2. The van der Waals surface area contributed by atoms with E-state index in [2.05, 4.69) is 44.5 Å². The molecule has 0 aromatic carbocycles. The van der Waals surface area contributed by atoms with E-state index in [4.69, 9.17) is 20.8 Å². The normalized spacial score (nSPS) is 15.8. The van der Waals surface area contributed by atoms with Gasteiger partial charge in [-0.25, -0.2) is 8.78 Å². The summed E-state index contributed by atoms with van der Waals surface area (Å²) in [6.45, 7) is 8.95. The largest absolute Gasteiger partial charge is 0.392 e. The van der Waals surface area contributed by atoms with Crippen LogP contribution in [0.5, 0.6) is 0 Å². The lowest BCUT2D eigenvalue weighted by Gasteiger charge is -2.17. The van der Waals surface area contributed by atoms with Crippen molar-refractivity contribution in [1.82, 2.24) is 20.5 Å². The molecule has 2 aromatic heterocycles. The van der Waals surface area contributed by atoms with Gasteiger partial charge in [-0.1, -0.05) is 30.2 Å². The van der Waals surface area contributed by atoms with Crippen LogP contribution < -0.4 is 16.4 Å². The van der Waals surface area contributed by atoms with Gasteiger partial charge in [0.25, 0.3) is 0 Å². The van der Waals surface area contributed by atoms with E-state index < -0.39 is 11.8 Å². The summed E-state index contributed by atoms with van der Waals surface area (Å²) in [7, 11) is 7.95. The maximum absolute atomic E-state index is 12.4. The van der Waals surface area contributed by atoms with Crippen LogP contribution in [-0.4, -0.2) is 74.3 Å². The molecule has 0 saturated heterocycles. The lowest BCUT2D eigenvalue weighted by molar-refractivity contribution is 0.0981. The molecule has 2 aliphatic carbocycles. The van der Waals surface area contributed by atoms with Crippen molar-refractivity contribution < 1.29 is 22.9 Å². The van der Waals surface area contributed by atoms with Crippen LogP contribution in [0.1, 0.15) is 64.8 Å². The number of nitrogens with two attached hydrogens (primary N) is 1. The number of anilines is 2. The third-order valence-corrected chi connectivity index (χ3v) is 5.94. The number of hydrogen-bond acceptors (Lipinski definition) is 10. The van der Waals surface area contributed by atoms with Crippen LogP contribution in [0.15, 0.2) is 33.0 Å². The molecular formula is C26H47F2N7O3. The van der Waals surface area contributed by atoms with Crippen molar-refractivity contribution in [3.8, 4) is 0 Å². The highest BCUT2D eigenvalue weighted by molar-refractivity contribution is 5.53. The molecule has 6 N–H and O–H groups in total. The molecule has 2 saturated carbocycles. The standard InChI is InChI=1S/C10H17N3O.C7H8F2N2O.C5H11N.C2H5NO.C2H6/c1-11-9-6-8(12-14-9)10(4-5-10)7-13(2)3;8-6(9)7(1-2-7)4-3-5(10)12-11-4;1-4-5(2)6-3;3-1-2-4;1-2/h6,11H,4-5,7H2,1-3H3;3,6H,1-2,10H2;4,6H,1-3H3;1,3-4H,2H2;1-2H3/b;;5-4+;;. The minimum Gasteiger partial charge on any atom is -0.392 e. The van der Waals surface area contributed by atoms with Crippen molar-refractivity contribution >= 4 is 18.0 Å². The maximum atomic E-state index is 12.4. The van der Waals surface area contributed by atoms with Crippen LogP contribution >= 0.6 is 0 Å². The molecule has 0 atom stereocenters. The number of rotatable bonds is 8. The van der Waals surface area contributed by atoms with E-state index in [-0.39, 0.29) is 23.6 Å². The number of nitrogen functional groups attached to an aromatic ring is 1. The van der Waals surface area contributed by atoms with Crippen LogP contribution in [-0.2, 0) is 10.8 Å². The van der Waals surface area contributed by atoms with Gasteiger partial charge in [-0.3, -0.25) is 0 Å². The van der Waals surface area contributed by atoms with Gasteiger partial charge in [0.1, 0.15) is 0 Å². The van der Waals surface area contributed by atoms with Gasteiger partial charge in [0.05, 0.1) is 23.4 Å². The first-order valence-corrected chi connectivity index (χ1v) is 12.7. The SMILES string of the molecule is C/C=C(\C)NC.CC.CNc1cc(C2(CN(C)C)CC2)no1.N=CCO.Nc1cc(C2(C(F)F)CC2)no1. The van der Waals surface area contributed by atoms with Crippen LogP contribution in [0, 0.1) is 5.41 Å². The molecule has 2 heterocycles. The van der Waals surface area contributed by atoms with Gasteiger partial charge >= 0.3 is 0 Å². The summed E-state index contributed by atoms with van der Waals surface area (Å²) in [6.07, 6.45) is 3.97. The predicted molar refractivity (Wildman–Crippen MR) is 149 cm³/mol. The number of nitrogens with one attached hydrogen (secondary N) is 3. The third kappa shape index (κ3) is 11.2. The van der Waals surface area contributed by atoms with Gasteiger partial charge in [0, 0.05) is 50.1 Å². The van der Waals surface area contributed by atoms with Crippen molar-refractivity contribution in [1.29, 1.82) is 5.41 Å². The molecule has 2 aromatic rings. The Bertz CT molecular complexity index is 937. The van der Waals surface area contributed by atoms with Crippen LogP contribution in [0.2, 0.25) is 0 Å². The Morgan fingerprint density at radius 3 is 1.97 bits per heavy atom. The number of aromatic nitrogens is 2. The van der Waals surface area contributed by atoms with Crippen molar-refractivity contribution in [2.75, 3.05) is 52.4 Å². The Labute approximate surface area is 225 Å². The monoisotopic (exact) mass is 543 g/mol. The topological polar surface area (TPSA) is 149 Å². The molecule has 0 amide bonds. The summed E-state index contributed by atoms with van der Waals surface area (Å²) >= 11 is 0. The minimum atomic E-state index is -2.37.